The first-order valence-electron chi connectivity index (χ1n) is 24.2. The number of thioether (sulfide) groups is 2. The molecule has 5 aromatic carbocycles. The molecule has 366 valence electrons. The van der Waals surface area contributed by atoms with E-state index in [0.717, 1.165) is 76.1 Å². The van der Waals surface area contributed by atoms with Crippen molar-refractivity contribution in [3.63, 3.8) is 0 Å². The van der Waals surface area contributed by atoms with Gasteiger partial charge in [0.2, 0.25) is 0 Å². The number of hydrogen-bond acceptors (Lipinski definition) is 10. The molecule has 70 heavy (non-hydrogen) atoms. The summed E-state index contributed by atoms with van der Waals surface area (Å²) in [5, 5.41) is 2.09. The molecule has 0 spiro atoms. The first-order chi connectivity index (χ1) is 33.3. The van der Waals surface area contributed by atoms with E-state index >= 15 is 0 Å². The molecule has 2 atom stereocenters. The molecule has 0 aliphatic rings. The summed E-state index contributed by atoms with van der Waals surface area (Å²) in [5.74, 6) is 0.715. The van der Waals surface area contributed by atoms with E-state index in [2.05, 4.69) is 75.8 Å². The summed E-state index contributed by atoms with van der Waals surface area (Å²) in [6.45, 7) is 13.5. The smallest absolute Gasteiger partial charge is 0.167 e. The molecule has 0 radical (unpaired) electrons. The van der Waals surface area contributed by atoms with Crippen molar-refractivity contribution in [2.24, 2.45) is 22.9 Å². The Hall–Kier alpha value is -5.60. The van der Waals surface area contributed by atoms with Crippen LogP contribution in [0.25, 0.3) is 21.8 Å². The Morgan fingerprint density at radius 1 is 0.500 bits per heavy atom. The number of para-hydroxylation sites is 2. The number of nitrogens with one attached hydrogen (secondary N) is 2. The van der Waals surface area contributed by atoms with E-state index in [1.165, 1.54) is 0 Å². The van der Waals surface area contributed by atoms with Gasteiger partial charge >= 0.3 is 0 Å². The van der Waals surface area contributed by atoms with Crippen molar-refractivity contribution < 1.29 is 19.2 Å². The molecular weight excluding hydrogens is 909 g/mol. The number of carbonyl (C=O) groups is 4. The van der Waals surface area contributed by atoms with Crippen LogP contribution in [0.15, 0.2) is 119 Å². The van der Waals surface area contributed by atoms with Crippen LogP contribution in [0.5, 0.6) is 0 Å². The summed E-state index contributed by atoms with van der Waals surface area (Å²) in [5.41, 5.74) is 34.9. The van der Waals surface area contributed by atoms with Gasteiger partial charge in [-0.15, -0.1) is 23.5 Å². The summed E-state index contributed by atoms with van der Waals surface area (Å²) in [6, 6.07) is 29.7. The van der Waals surface area contributed by atoms with Crippen molar-refractivity contribution >= 4 is 68.5 Å². The van der Waals surface area contributed by atoms with Gasteiger partial charge < -0.3 is 32.9 Å². The van der Waals surface area contributed by atoms with Crippen LogP contribution in [-0.4, -0.2) is 69.8 Å². The highest BCUT2D eigenvalue weighted by Gasteiger charge is 2.27. The molecule has 0 aliphatic carbocycles. The Morgan fingerprint density at radius 3 is 1.24 bits per heavy atom. The minimum absolute atomic E-state index is 0.0599. The SMILES string of the molecule is CC(C)(C)c1cc(CC(=O)c2cccc(C(=O)Cc3cc(C(C)(C)C)cc(CC(=O)[C@@H](N)Cc4c[nH]c5ccccc45)c3SCCN)c2)c(SCCN)c(CC(=O)[C@@H](N)Cc2c[nH]c3ccccc23)c1. The number of rotatable bonds is 22. The third-order valence-corrected chi connectivity index (χ3v) is 15.4. The highest BCUT2D eigenvalue weighted by molar-refractivity contribution is 7.99. The van der Waals surface area contributed by atoms with Crippen LogP contribution < -0.4 is 22.9 Å². The second kappa shape index (κ2) is 22.6. The molecule has 0 aliphatic heterocycles. The quantitative estimate of drug-likeness (QED) is 0.0280. The fourth-order valence-corrected chi connectivity index (χ4v) is 10.9. The molecule has 0 bridgehead atoms. The highest BCUT2D eigenvalue weighted by atomic mass is 32.2. The number of aromatic nitrogens is 2. The van der Waals surface area contributed by atoms with E-state index in [1.807, 2.05) is 60.9 Å². The Labute approximate surface area is 420 Å². The number of ketones is 4. The monoisotopic (exact) mass is 976 g/mol. The average Bonchev–Trinajstić information content (AvgIpc) is 3.93. The zero-order chi connectivity index (χ0) is 50.3. The van der Waals surface area contributed by atoms with Crippen LogP contribution >= 0.6 is 23.5 Å². The van der Waals surface area contributed by atoms with E-state index < -0.39 is 12.1 Å². The van der Waals surface area contributed by atoms with Crippen LogP contribution in [0.4, 0.5) is 0 Å². The minimum atomic E-state index is -0.726. The minimum Gasteiger partial charge on any atom is -0.361 e. The summed E-state index contributed by atoms with van der Waals surface area (Å²) in [7, 11) is 0. The van der Waals surface area contributed by atoms with Gasteiger partial charge in [-0.05, 0) is 86.4 Å². The molecule has 2 aromatic heterocycles. The lowest BCUT2D eigenvalue weighted by Crippen LogP contribution is -2.34. The lowest BCUT2D eigenvalue weighted by molar-refractivity contribution is -0.120. The van der Waals surface area contributed by atoms with Crippen LogP contribution in [0.1, 0.15) is 107 Å². The van der Waals surface area contributed by atoms with Crippen LogP contribution in [0, 0.1) is 0 Å². The van der Waals surface area contributed by atoms with E-state index in [1.54, 1.807) is 47.8 Å². The molecule has 2 heterocycles. The number of nitrogens with two attached hydrogens (primary N) is 4. The normalized spacial score (nSPS) is 12.9. The molecule has 0 fully saturated rings. The second-order valence-electron chi connectivity index (χ2n) is 20.4. The van der Waals surface area contributed by atoms with E-state index in [0.29, 0.717) is 48.6 Å². The number of H-pyrrole nitrogens is 2. The zero-order valence-corrected chi connectivity index (χ0v) is 43.0. The maximum atomic E-state index is 14.5. The predicted octanol–water partition coefficient (Wildman–Crippen LogP) is 9.56. The third-order valence-electron chi connectivity index (χ3n) is 12.9. The molecule has 0 unspecified atom stereocenters. The topological polar surface area (TPSA) is 204 Å². The fourth-order valence-electron chi connectivity index (χ4n) is 8.95. The standard InChI is InChI=1S/C58H68N6O4S2/c1-57(2,3)43-23-37(55(69-20-18-59)39(25-43)31-53(67)47(61)27-41-33-63-49-16-9-7-14-45(41)49)29-51(65)35-12-11-13-36(22-35)52(66)30-38-24-44(58(4,5)6)26-40(56(38)70-21-19-60)32-54(68)48(62)28-42-34-64-50-17-10-8-15-46(42)50/h7-17,22-26,33-34,47-48,63-64H,18-21,27-32,59-62H2,1-6H3/t47-,48-/m0/s1. The van der Waals surface area contributed by atoms with Crippen molar-refractivity contribution in [3.8, 4) is 0 Å². The summed E-state index contributed by atoms with van der Waals surface area (Å²) >= 11 is 3.10. The predicted molar refractivity (Wildman–Crippen MR) is 290 cm³/mol. The molecule has 12 heteroatoms. The van der Waals surface area contributed by atoms with Crippen LogP contribution in [0.2, 0.25) is 0 Å². The van der Waals surface area contributed by atoms with Gasteiger partial charge in [-0.2, -0.15) is 0 Å². The van der Waals surface area contributed by atoms with Crippen molar-refractivity contribution in [1.29, 1.82) is 0 Å². The summed E-state index contributed by atoms with van der Waals surface area (Å²) in [4.78, 5) is 65.2. The molecule has 10 N–H and O–H groups in total. The molecule has 7 rings (SSSR count). The Morgan fingerprint density at radius 2 is 0.871 bits per heavy atom. The first kappa shape index (κ1) is 52.2. The van der Waals surface area contributed by atoms with Gasteiger partial charge in [0.1, 0.15) is 0 Å². The number of fused-ring (bicyclic) bond motifs is 2. The van der Waals surface area contributed by atoms with E-state index in [9.17, 15) is 19.2 Å². The van der Waals surface area contributed by atoms with Gasteiger partial charge in [-0.1, -0.05) is 120 Å². The van der Waals surface area contributed by atoms with Crippen molar-refractivity contribution in [2.75, 3.05) is 24.6 Å². The maximum Gasteiger partial charge on any atom is 0.167 e. The average molecular weight is 977 g/mol. The highest BCUT2D eigenvalue weighted by Crippen LogP contribution is 2.37. The summed E-state index contributed by atoms with van der Waals surface area (Å²) < 4.78 is 0. The lowest BCUT2D eigenvalue weighted by atomic mass is 9.83. The summed E-state index contributed by atoms with van der Waals surface area (Å²) in [6.07, 6.45) is 4.97. The fraction of sp³-hybridized carbons (Fsp3) is 0.345. The van der Waals surface area contributed by atoms with Crippen molar-refractivity contribution in [3.05, 3.63) is 165 Å². The first-order valence-corrected chi connectivity index (χ1v) is 26.1. The molecule has 0 saturated heterocycles. The molecular formula is C58H68N6O4S2. The molecule has 10 nitrogen and oxygen atoms in total. The van der Waals surface area contributed by atoms with Gasteiger partial charge in [-0.3, -0.25) is 19.2 Å². The van der Waals surface area contributed by atoms with Gasteiger partial charge in [0.25, 0.3) is 0 Å². The lowest BCUT2D eigenvalue weighted by Gasteiger charge is -2.24. The number of carbonyl (C=O) groups excluding carboxylic acids is 4. The number of aromatic amines is 2. The maximum absolute atomic E-state index is 14.5. The molecule has 7 aromatic rings. The second-order valence-corrected chi connectivity index (χ2v) is 22.6. The van der Waals surface area contributed by atoms with Gasteiger partial charge in [0, 0.05) is 105 Å². The number of Topliss-reactive ketones (excluding diaryl/α,β-unsaturated/α-hetero) is 4. The Balaban J connectivity index is 1.14. The van der Waals surface area contributed by atoms with Gasteiger partial charge in [-0.25, -0.2) is 0 Å². The van der Waals surface area contributed by atoms with Gasteiger partial charge in [0.05, 0.1) is 12.1 Å². The van der Waals surface area contributed by atoms with E-state index in [4.69, 9.17) is 22.9 Å². The van der Waals surface area contributed by atoms with Crippen molar-refractivity contribution in [2.45, 2.75) is 113 Å². The Bertz CT molecular complexity index is 2830. The molecule has 0 saturated carbocycles. The molecule has 0 amide bonds. The largest absolute Gasteiger partial charge is 0.361 e. The zero-order valence-electron chi connectivity index (χ0n) is 41.4. The van der Waals surface area contributed by atoms with Gasteiger partial charge in [0.15, 0.2) is 23.1 Å². The number of benzene rings is 5. The van der Waals surface area contributed by atoms with E-state index in [-0.39, 0.29) is 59.6 Å². The van der Waals surface area contributed by atoms with Crippen LogP contribution in [-0.2, 0) is 58.9 Å². The third kappa shape index (κ3) is 12.6. The van der Waals surface area contributed by atoms with Crippen molar-refractivity contribution in [1.82, 2.24) is 9.97 Å². The Kier molecular flexibility index (Phi) is 16.9. The number of hydrogen-bond donors (Lipinski definition) is 6. The van der Waals surface area contributed by atoms with Crippen LogP contribution in [0.3, 0.4) is 0 Å².